The second-order valence-corrected chi connectivity index (χ2v) is 4.10. The first-order valence-electron chi connectivity index (χ1n) is 5.73. The summed E-state index contributed by atoms with van der Waals surface area (Å²) < 4.78 is 5.10. The van der Waals surface area contributed by atoms with Crippen molar-refractivity contribution in [1.82, 2.24) is 10.1 Å². The first kappa shape index (κ1) is 12.3. The van der Waals surface area contributed by atoms with Crippen LogP contribution in [0.4, 0.5) is 0 Å². The summed E-state index contributed by atoms with van der Waals surface area (Å²) in [6, 6.07) is 7.97. The molecule has 0 fully saturated rings. The maximum atomic E-state index is 10.4. The Bertz CT molecular complexity index is 549. The molecule has 0 aliphatic carbocycles. The molecule has 1 heterocycles. The average Bonchev–Trinajstić information content (AvgIpc) is 2.77. The minimum Gasteiger partial charge on any atom is -0.481 e. The lowest BCUT2D eigenvalue weighted by atomic mass is 10.1. The van der Waals surface area contributed by atoms with E-state index in [1.807, 2.05) is 31.2 Å². The molecule has 5 heteroatoms. The van der Waals surface area contributed by atoms with Gasteiger partial charge in [-0.25, -0.2) is 0 Å². The van der Waals surface area contributed by atoms with Crippen LogP contribution in [0.2, 0.25) is 0 Å². The van der Waals surface area contributed by atoms with Gasteiger partial charge in [-0.1, -0.05) is 29.4 Å². The number of aryl methyl sites for hydroxylation is 2. The molecule has 0 bridgehead atoms. The van der Waals surface area contributed by atoms with Gasteiger partial charge in [0.15, 0.2) is 5.82 Å². The summed E-state index contributed by atoms with van der Waals surface area (Å²) >= 11 is 0. The average molecular weight is 246 g/mol. The highest BCUT2D eigenvalue weighted by atomic mass is 16.5. The number of hydrogen-bond donors (Lipinski definition) is 1. The maximum Gasteiger partial charge on any atom is 0.303 e. The number of carbonyl (C=O) groups is 1. The molecule has 1 aromatic heterocycles. The van der Waals surface area contributed by atoms with Crippen LogP contribution in [-0.2, 0) is 17.6 Å². The van der Waals surface area contributed by atoms with E-state index in [4.69, 9.17) is 9.63 Å². The molecule has 2 aromatic rings. The molecule has 0 unspecified atom stereocenters. The van der Waals surface area contributed by atoms with E-state index >= 15 is 0 Å². The highest BCUT2D eigenvalue weighted by Gasteiger charge is 2.09. The van der Waals surface area contributed by atoms with Crippen molar-refractivity contribution in [2.45, 2.75) is 26.2 Å². The predicted octanol–water partition coefficient (Wildman–Crippen LogP) is 1.99. The quantitative estimate of drug-likeness (QED) is 0.873. The van der Waals surface area contributed by atoms with Gasteiger partial charge >= 0.3 is 5.97 Å². The van der Waals surface area contributed by atoms with Gasteiger partial charge in [0, 0.05) is 6.42 Å². The highest BCUT2D eigenvalue weighted by Crippen LogP contribution is 2.12. The van der Waals surface area contributed by atoms with Crippen LogP contribution >= 0.6 is 0 Å². The number of rotatable bonds is 5. The van der Waals surface area contributed by atoms with Gasteiger partial charge in [-0.3, -0.25) is 4.79 Å². The Balaban J connectivity index is 2.02. The zero-order chi connectivity index (χ0) is 13.0. The van der Waals surface area contributed by atoms with E-state index in [1.54, 1.807) is 0 Å². The predicted molar refractivity (Wildman–Crippen MR) is 64.2 cm³/mol. The van der Waals surface area contributed by atoms with E-state index in [0.717, 1.165) is 5.56 Å². The van der Waals surface area contributed by atoms with Gasteiger partial charge < -0.3 is 9.63 Å². The molecule has 18 heavy (non-hydrogen) atoms. The van der Waals surface area contributed by atoms with Gasteiger partial charge in [0.05, 0.1) is 12.8 Å². The molecule has 0 atom stereocenters. The van der Waals surface area contributed by atoms with Gasteiger partial charge in [-0.15, -0.1) is 0 Å². The molecule has 0 spiro atoms. The number of aromatic nitrogens is 2. The normalized spacial score (nSPS) is 10.5. The van der Waals surface area contributed by atoms with Gasteiger partial charge in [0.2, 0.25) is 5.89 Å². The summed E-state index contributed by atoms with van der Waals surface area (Å²) in [4.78, 5) is 14.6. The molecule has 0 saturated carbocycles. The summed E-state index contributed by atoms with van der Waals surface area (Å²) in [5.74, 6) is 0.103. The van der Waals surface area contributed by atoms with E-state index in [-0.39, 0.29) is 6.42 Å². The lowest BCUT2D eigenvalue weighted by Gasteiger charge is -2.00. The lowest BCUT2D eigenvalue weighted by Crippen LogP contribution is -1.99. The first-order valence-corrected chi connectivity index (χ1v) is 5.73. The number of hydrogen-bond acceptors (Lipinski definition) is 4. The molecule has 5 nitrogen and oxygen atoms in total. The summed E-state index contributed by atoms with van der Waals surface area (Å²) in [5, 5.41) is 12.3. The van der Waals surface area contributed by atoms with E-state index in [2.05, 4.69) is 10.1 Å². The van der Waals surface area contributed by atoms with Crippen LogP contribution in [-0.4, -0.2) is 21.2 Å². The Morgan fingerprint density at radius 1 is 1.39 bits per heavy atom. The van der Waals surface area contributed by atoms with Crippen LogP contribution in [0.15, 0.2) is 28.8 Å². The molecule has 94 valence electrons. The molecule has 1 aromatic carbocycles. The highest BCUT2D eigenvalue weighted by molar-refractivity contribution is 5.66. The summed E-state index contributed by atoms with van der Waals surface area (Å²) in [5.41, 5.74) is 2.30. The monoisotopic (exact) mass is 246 g/mol. The number of nitrogens with zero attached hydrogens (tertiary/aromatic N) is 2. The molecule has 1 N–H and O–H groups in total. The van der Waals surface area contributed by atoms with Crippen molar-refractivity contribution in [2.24, 2.45) is 0 Å². The van der Waals surface area contributed by atoms with E-state index < -0.39 is 5.97 Å². The Morgan fingerprint density at radius 2 is 2.17 bits per heavy atom. The molecule has 0 radical (unpaired) electrons. The fourth-order valence-electron chi connectivity index (χ4n) is 1.65. The Hall–Kier alpha value is -2.17. The van der Waals surface area contributed by atoms with Crippen molar-refractivity contribution in [3.8, 4) is 0 Å². The topological polar surface area (TPSA) is 76.2 Å². The van der Waals surface area contributed by atoms with E-state index in [0.29, 0.717) is 24.6 Å². The van der Waals surface area contributed by atoms with Crippen molar-refractivity contribution >= 4 is 5.97 Å². The minimum atomic E-state index is -0.861. The van der Waals surface area contributed by atoms with Crippen molar-refractivity contribution in [3.63, 3.8) is 0 Å². The smallest absolute Gasteiger partial charge is 0.303 e. The zero-order valence-electron chi connectivity index (χ0n) is 10.1. The molecular formula is C13H14N2O3. The third-order valence-corrected chi connectivity index (χ3v) is 2.68. The summed E-state index contributed by atoms with van der Waals surface area (Å²) in [6.45, 7) is 2.02. The second-order valence-electron chi connectivity index (χ2n) is 4.10. The Kier molecular flexibility index (Phi) is 3.72. The third-order valence-electron chi connectivity index (χ3n) is 2.68. The SMILES string of the molecule is Cc1ccccc1Cc1nc(CCC(=O)O)no1. The zero-order valence-corrected chi connectivity index (χ0v) is 10.1. The molecule has 0 amide bonds. The van der Waals surface area contributed by atoms with E-state index in [1.165, 1.54) is 5.56 Å². The number of carboxylic acid groups (broad SMARTS) is 1. The van der Waals surface area contributed by atoms with Crippen LogP contribution in [0, 0.1) is 6.92 Å². The maximum absolute atomic E-state index is 10.4. The molecule has 0 aliphatic rings. The van der Waals surface area contributed by atoms with Crippen LogP contribution < -0.4 is 0 Å². The first-order chi connectivity index (χ1) is 8.65. The molecule has 2 rings (SSSR count). The van der Waals surface area contributed by atoms with Gasteiger partial charge in [-0.05, 0) is 18.1 Å². The standard InChI is InChI=1S/C13H14N2O3/c1-9-4-2-3-5-10(9)8-12-14-11(15-18-12)6-7-13(16)17/h2-5H,6-8H2,1H3,(H,16,17). The van der Waals surface area contributed by atoms with Crippen molar-refractivity contribution < 1.29 is 14.4 Å². The largest absolute Gasteiger partial charge is 0.481 e. The van der Waals surface area contributed by atoms with Crippen molar-refractivity contribution in [3.05, 3.63) is 47.1 Å². The fourth-order valence-corrected chi connectivity index (χ4v) is 1.65. The fraction of sp³-hybridized carbons (Fsp3) is 0.308. The Morgan fingerprint density at radius 3 is 2.89 bits per heavy atom. The van der Waals surface area contributed by atoms with Crippen molar-refractivity contribution in [1.29, 1.82) is 0 Å². The molecular weight excluding hydrogens is 232 g/mol. The molecule has 0 saturated heterocycles. The second kappa shape index (κ2) is 5.44. The van der Waals surface area contributed by atoms with Crippen molar-refractivity contribution in [2.75, 3.05) is 0 Å². The van der Waals surface area contributed by atoms with Gasteiger partial charge in [0.1, 0.15) is 0 Å². The van der Waals surface area contributed by atoms with Gasteiger partial charge in [-0.2, -0.15) is 4.98 Å². The third kappa shape index (κ3) is 3.16. The number of carboxylic acids is 1. The van der Waals surface area contributed by atoms with E-state index in [9.17, 15) is 4.79 Å². The summed E-state index contributed by atoms with van der Waals surface area (Å²) in [6.07, 6.45) is 0.892. The van der Waals surface area contributed by atoms with Crippen LogP contribution in [0.25, 0.3) is 0 Å². The lowest BCUT2D eigenvalue weighted by molar-refractivity contribution is -0.137. The van der Waals surface area contributed by atoms with Crippen LogP contribution in [0.5, 0.6) is 0 Å². The summed E-state index contributed by atoms with van der Waals surface area (Å²) in [7, 11) is 0. The van der Waals surface area contributed by atoms with Crippen LogP contribution in [0.1, 0.15) is 29.3 Å². The Labute approximate surface area is 104 Å². The van der Waals surface area contributed by atoms with Gasteiger partial charge in [0.25, 0.3) is 0 Å². The number of aliphatic carboxylic acids is 1. The van der Waals surface area contributed by atoms with Crippen LogP contribution in [0.3, 0.4) is 0 Å². The number of benzene rings is 1. The minimum absolute atomic E-state index is 0.0172. The molecule has 0 aliphatic heterocycles.